The molecule has 26 heavy (non-hydrogen) atoms. The second-order valence-electron chi connectivity index (χ2n) is 5.91. The Hall–Kier alpha value is -2.50. The van der Waals surface area contributed by atoms with Crippen LogP contribution in [0.25, 0.3) is 0 Å². The lowest BCUT2D eigenvalue weighted by molar-refractivity contribution is -0.139. The van der Waals surface area contributed by atoms with Crippen molar-refractivity contribution >= 4 is 17.9 Å². The average molecular weight is 375 g/mol. The normalized spacial score (nSPS) is 13.3. The summed E-state index contributed by atoms with van der Waals surface area (Å²) in [4.78, 5) is 36.5. The van der Waals surface area contributed by atoms with Gasteiger partial charge in [0.2, 0.25) is 0 Å². The van der Waals surface area contributed by atoms with Gasteiger partial charge < -0.3 is 37.5 Å². The van der Waals surface area contributed by atoms with E-state index in [9.17, 15) is 14.4 Å². The van der Waals surface area contributed by atoms with Gasteiger partial charge >= 0.3 is 17.9 Å². The van der Waals surface area contributed by atoms with Crippen molar-refractivity contribution in [1.82, 2.24) is 9.97 Å². The molecule has 1 aromatic heterocycles. The lowest BCUT2D eigenvalue weighted by atomic mass is 10.1. The van der Waals surface area contributed by atoms with Crippen molar-refractivity contribution in [3.05, 3.63) is 18.2 Å². The standard InChI is InChI=1S/C6H9N3O2.C6H13NO2.C3H7NO2/c7-5(6(10)11)1-4-2-8-3-9-4;1-4(2)3-5(7)6(8)9;1-2(4)3(5)6/h2-3,5H,1,7H2,(H,8,9)(H,10,11);4-5H,3,7H2,1-2H3,(H,8,9);2H,4H2,1H3,(H,5,6). The number of rotatable bonds is 7. The number of nitrogens with two attached hydrogens (primary N) is 3. The molecule has 0 amide bonds. The lowest BCUT2D eigenvalue weighted by Crippen LogP contribution is -2.32. The van der Waals surface area contributed by atoms with Gasteiger partial charge in [-0.25, -0.2) is 4.98 Å². The Morgan fingerprint density at radius 1 is 1.00 bits per heavy atom. The molecule has 1 rings (SSSR count). The minimum atomic E-state index is -1.01. The van der Waals surface area contributed by atoms with Gasteiger partial charge in [0, 0.05) is 12.6 Å². The maximum Gasteiger partial charge on any atom is 0.320 e. The molecular weight excluding hydrogens is 346 g/mol. The minimum absolute atomic E-state index is 0.263. The van der Waals surface area contributed by atoms with Crippen LogP contribution in [0.1, 0.15) is 32.9 Å². The summed E-state index contributed by atoms with van der Waals surface area (Å²) in [5.41, 5.74) is 16.0. The van der Waals surface area contributed by atoms with Crippen molar-refractivity contribution in [2.45, 2.75) is 51.7 Å². The van der Waals surface area contributed by atoms with Gasteiger partial charge in [0.1, 0.15) is 18.1 Å². The molecule has 150 valence electrons. The largest absolute Gasteiger partial charge is 0.480 e. The van der Waals surface area contributed by atoms with Crippen LogP contribution < -0.4 is 17.2 Å². The molecule has 3 atom stereocenters. The number of carboxylic acids is 3. The Kier molecular flexibility index (Phi) is 13.6. The predicted molar refractivity (Wildman–Crippen MR) is 94.3 cm³/mol. The zero-order chi connectivity index (χ0) is 20.9. The highest BCUT2D eigenvalue weighted by Crippen LogP contribution is 2.01. The van der Waals surface area contributed by atoms with Crippen LogP contribution in [0.4, 0.5) is 0 Å². The maximum absolute atomic E-state index is 10.3. The van der Waals surface area contributed by atoms with E-state index in [-0.39, 0.29) is 6.42 Å². The predicted octanol–water partition coefficient (Wildman–Crippen LogP) is -0.773. The zero-order valence-electron chi connectivity index (χ0n) is 15.1. The van der Waals surface area contributed by atoms with E-state index in [0.717, 1.165) is 0 Å². The Balaban J connectivity index is 0. The van der Waals surface area contributed by atoms with Gasteiger partial charge in [-0.1, -0.05) is 13.8 Å². The first-order valence-electron chi connectivity index (χ1n) is 7.81. The minimum Gasteiger partial charge on any atom is -0.480 e. The second kappa shape index (κ2) is 13.8. The highest BCUT2D eigenvalue weighted by molar-refractivity contribution is 5.73. The van der Waals surface area contributed by atoms with Crippen molar-refractivity contribution in [3.8, 4) is 0 Å². The SMILES string of the molecule is CC(C)CC(N)C(=O)O.CC(N)C(=O)O.NC(Cc1c[nH]cn1)C(=O)O. The number of carbonyl (C=O) groups is 3. The average Bonchev–Trinajstić information content (AvgIpc) is 3.00. The van der Waals surface area contributed by atoms with Gasteiger partial charge in [0.15, 0.2) is 0 Å². The topological polar surface area (TPSA) is 219 Å². The van der Waals surface area contributed by atoms with Gasteiger partial charge in [-0.3, -0.25) is 14.4 Å². The Bertz CT molecular complexity index is 533. The van der Waals surface area contributed by atoms with Gasteiger partial charge in [0.25, 0.3) is 0 Å². The summed E-state index contributed by atoms with van der Waals surface area (Å²) in [7, 11) is 0. The third-order valence-electron chi connectivity index (χ3n) is 2.73. The second-order valence-corrected chi connectivity index (χ2v) is 5.91. The Morgan fingerprint density at radius 2 is 1.46 bits per heavy atom. The van der Waals surface area contributed by atoms with Gasteiger partial charge in [-0.15, -0.1) is 0 Å². The molecule has 0 bridgehead atoms. The molecular formula is C15H29N5O6. The fourth-order valence-corrected chi connectivity index (χ4v) is 1.32. The number of H-pyrrole nitrogens is 1. The lowest BCUT2D eigenvalue weighted by Gasteiger charge is -2.07. The molecule has 0 aliphatic carbocycles. The van der Waals surface area contributed by atoms with E-state index in [0.29, 0.717) is 18.0 Å². The van der Waals surface area contributed by atoms with Crippen LogP contribution >= 0.6 is 0 Å². The number of hydrogen-bond acceptors (Lipinski definition) is 7. The summed E-state index contributed by atoms with van der Waals surface area (Å²) >= 11 is 0. The maximum atomic E-state index is 10.3. The van der Waals surface area contributed by atoms with Gasteiger partial charge in [0.05, 0.1) is 12.0 Å². The van der Waals surface area contributed by atoms with Crippen molar-refractivity contribution < 1.29 is 29.7 Å². The van der Waals surface area contributed by atoms with E-state index in [1.54, 1.807) is 6.20 Å². The van der Waals surface area contributed by atoms with E-state index in [4.69, 9.17) is 32.5 Å². The summed E-state index contributed by atoms with van der Waals surface area (Å²) in [5, 5.41) is 24.6. The smallest absolute Gasteiger partial charge is 0.320 e. The highest BCUT2D eigenvalue weighted by Gasteiger charge is 2.12. The first-order valence-corrected chi connectivity index (χ1v) is 7.81. The van der Waals surface area contributed by atoms with Crippen LogP contribution in [0.2, 0.25) is 0 Å². The molecule has 0 aliphatic rings. The monoisotopic (exact) mass is 375 g/mol. The van der Waals surface area contributed by atoms with Crippen molar-refractivity contribution in [3.63, 3.8) is 0 Å². The molecule has 3 unspecified atom stereocenters. The van der Waals surface area contributed by atoms with E-state index in [2.05, 4.69) is 9.97 Å². The molecule has 0 aromatic carbocycles. The molecule has 0 spiro atoms. The van der Waals surface area contributed by atoms with Crippen LogP contribution in [0, 0.1) is 5.92 Å². The summed E-state index contributed by atoms with van der Waals surface area (Å²) in [6.45, 7) is 5.31. The number of nitrogens with zero attached hydrogens (tertiary/aromatic N) is 1. The van der Waals surface area contributed by atoms with Crippen molar-refractivity contribution in [2.75, 3.05) is 0 Å². The van der Waals surface area contributed by atoms with Crippen LogP contribution in [-0.2, 0) is 20.8 Å². The molecule has 11 nitrogen and oxygen atoms in total. The van der Waals surface area contributed by atoms with Crippen molar-refractivity contribution in [2.24, 2.45) is 23.1 Å². The van der Waals surface area contributed by atoms with Crippen LogP contribution in [0.5, 0.6) is 0 Å². The Labute approximate surface area is 151 Å². The number of aromatic amines is 1. The van der Waals surface area contributed by atoms with Crippen LogP contribution in [0.15, 0.2) is 12.5 Å². The van der Waals surface area contributed by atoms with E-state index >= 15 is 0 Å². The summed E-state index contributed by atoms with van der Waals surface area (Å²) in [5.74, 6) is -2.53. The zero-order valence-corrected chi connectivity index (χ0v) is 15.1. The molecule has 0 fully saturated rings. The Morgan fingerprint density at radius 3 is 1.69 bits per heavy atom. The van der Waals surface area contributed by atoms with Crippen molar-refractivity contribution in [1.29, 1.82) is 0 Å². The molecule has 10 N–H and O–H groups in total. The quantitative estimate of drug-likeness (QED) is 0.315. The number of aliphatic carboxylic acids is 3. The number of carboxylic acid groups (broad SMARTS) is 3. The summed E-state index contributed by atoms with van der Waals surface area (Å²) in [6, 6.07) is -2.28. The van der Waals surface area contributed by atoms with Gasteiger partial charge in [-0.05, 0) is 19.3 Å². The molecule has 0 saturated heterocycles. The third-order valence-corrected chi connectivity index (χ3v) is 2.73. The highest BCUT2D eigenvalue weighted by atomic mass is 16.4. The summed E-state index contributed by atoms with van der Waals surface area (Å²) in [6.07, 6.45) is 3.93. The first-order chi connectivity index (χ1) is 11.9. The van der Waals surface area contributed by atoms with Gasteiger partial charge in [-0.2, -0.15) is 0 Å². The van der Waals surface area contributed by atoms with E-state index in [1.165, 1.54) is 13.3 Å². The van der Waals surface area contributed by atoms with E-state index < -0.39 is 36.0 Å². The first kappa shape index (κ1) is 25.7. The number of nitrogens with one attached hydrogen (secondary N) is 1. The fraction of sp³-hybridized carbons (Fsp3) is 0.600. The molecule has 0 radical (unpaired) electrons. The molecule has 1 heterocycles. The van der Waals surface area contributed by atoms with Crippen LogP contribution in [0.3, 0.4) is 0 Å². The van der Waals surface area contributed by atoms with E-state index in [1.807, 2.05) is 13.8 Å². The molecule has 0 saturated carbocycles. The number of aromatic nitrogens is 2. The fourth-order valence-electron chi connectivity index (χ4n) is 1.32. The third kappa shape index (κ3) is 15.1. The van der Waals surface area contributed by atoms with Crippen LogP contribution in [-0.4, -0.2) is 61.3 Å². The molecule has 1 aromatic rings. The molecule has 11 heteroatoms. The summed E-state index contributed by atoms with van der Waals surface area (Å²) < 4.78 is 0. The number of hydrogen-bond donors (Lipinski definition) is 7. The number of imidazole rings is 1. The molecule has 0 aliphatic heterocycles.